The standard InChI is InChI=1S/C5H11N3/c6-4(5(7)8)3-1-2-3/h3-4H,1-2,6H2,(H3,7,8). The minimum absolute atomic E-state index is 0.132. The number of amidine groups is 1. The Labute approximate surface area is 48.6 Å². The van der Waals surface area contributed by atoms with Crippen LogP contribution in [0.15, 0.2) is 0 Å². The van der Waals surface area contributed by atoms with Crippen molar-refractivity contribution in [1.82, 2.24) is 0 Å². The van der Waals surface area contributed by atoms with Crippen LogP contribution >= 0.6 is 0 Å². The number of hydrogen-bond donors (Lipinski definition) is 3. The van der Waals surface area contributed by atoms with Crippen LogP contribution in [-0.4, -0.2) is 11.9 Å². The molecular formula is C5H11N3. The molecule has 0 saturated heterocycles. The van der Waals surface area contributed by atoms with Crippen molar-refractivity contribution in [2.75, 3.05) is 0 Å². The van der Waals surface area contributed by atoms with Gasteiger partial charge in [-0.05, 0) is 18.8 Å². The molecule has 1 aliphatic carbocycles. The second kappa shape index (κ2) is 1.74. The molecule has 1 fully saturated rings. The summed E-state index contributed by atoms with van der Waals surface area (Å²) in [6, 6.07) is -0.157. The zero-order valence-electron chi connectivity index (χ0n) is 4.72. The van der Waals surface area contributed by atoms with E-state index in [1.807, 2.05) is 0 Å². The van der Waals surface area contributed by atoms with Gasteiger partial charge in [-0.25, -0.2) is 0 Å². The fourth-order valence-corrected chi connectivity index (χ4v) is 0.709. The normalized spacial score (nSPS) is 22.6. The first-order valence-corrected chi connectivity index (χ1v) is 2.81. The summed E-state index contributed by atoms with van der Waals surface area (Å²) >= 11 is 0. The first-order valence-electron chi connectivity index (χ1n) is 2.81. The van der Waals surface area contributed by atoms with E-state index in [0.717, 1.165) is 12.8 Å². The smallest absolute Gasteiger partial charge is 0.108 e. The number of nitrogens with one attached hydrogen (secondary N) is 1. The third-order valence-electron chi connectivity index (χ3n) is 1.49. The lowest BCUT2D eigenvalue weighted by atomic mass is 10.2. The van der Waals surface area contributed by atoms with Crippen LogP contribution in [0.1, 0.15) is 12.8 Å². The van der Waals surface area contributed by atoms with Crippen molar-refractivity contribution >= 4 is 5.84 Å². The van der Waals surface area contributed by atoms with Gasteiger partial charge in [0.1, 0.15) is 5.84 Å². The molecule has 0 radical (unpaired) electrons. The van der Waals surface area contributed by atoms with E-state index >= 15 is 0 Å². The van der Waals surface area contributed by atoms with Gasteiger partial charge in [-0.2, -0.15) is 0 Å². The van der Waals surface area contributed by atoms with Crippen LogP contribution in [-0.2, 0) is 0 Å². The molecule has 0 heterocycles. The Bertz CT molecular complexity index is 106. The Morgan fingerprint density at radius 3 is 2.25 bits per heavy atom. The summed E-state index contributed by atoms with van der Waals surface area (Å²) < 4.78 is 0. The van der Waals surface area contributed by atoms with Gasteiger partial charge >= 0.3 is 0 Å². The highest BCUT2D eigenvalue weighted by Crippen LogP contribution is 2.31. The van der Waals surface area contributed by atoms with E-state index in [-0.39, 0.29) is 11.9 Å². The molecule has 1 atom stereocenters. The maximum absolute atomic E-state index is 6.92. The molecule has 3 nitrogen and oxygen atoms in total. The molecule has 46 valence electrons. The van der Waals surface area contributed by atoms with Crippen LogP contribution in [0.3, 0.4) is 0 Å². The van der Waals surface area contributed by atoms with Gasteiger partial charge < -0.3 is 11.5 Å². The van der Waals surface area contributed by atoms with Gasteiger partial charge in [0.05, 0.1) is 6.04 Å². The number of rotatable bonds is 2. The molecule has 0 aliphatic heterocycles. The highest BCUT2D eigenvalue weighted by atomic mass is 14.8. The summed E-state index contributed by atoms with van der Waals surface area (Å²) in [7, 11) is 0. The lowest BCUT2D eigenvalue weighted by Gasteiger charge is -2.04. The predicted molar refractivity (Wildman–Crippen MR) is 32.6 cm³/mol. The minimum atomic E-state index is -0.157. The summed E-state index contributed by atoms with van der Waals surface area (Å²) in [5.74, 6) is 0.653. The van der Waals surface area contributed by atoms with E-state index in [1.54, 1.807) is 0 Å². The largest absolute Gasteiger partial charge is 0.386 e. The molecule has 0 amide bonds. The van der Waals surface area contributed by atoms with E-state index in [2.05, 4.69) is 0 Å². The molecule has 0 aromatic heterocycles. The van der Waals surface area contributed by atoms with Crippen molar-refractivity contribution < 1.29 is 0 Å². The van der Waals surface area contributed by atoms with Gasteiger partial charge in [-0.1, -0.05) is 0 Å². The fraction of sp³-hybridized carbons (Fsp3) is 0.800. The fourth-order valence-electron chi connectivity index (χ4n) is 0.709. The Kier molecular flexibility index (Phi) is 1.21. The number of hydrogen-bond acceptors (Lipinski definition) is 2. The predicted octanol–water partition coefficient (Wildman–Crippen LogP) is -0.340. The molecule has 1 rings (SSSR count). The van der Waals surface area contributed by atoms with E-state index in [0.29, 0.717) is 5.92 Å². The molecular weight excluding hydrogens is 102 g/mol. The van der Waals surface area contributed by atoms with Gasteiger partial charge in [-0.15, -0.1) is 0 Å². The molecule has 0 spiro atoms. The molecule has 0 aromatic carbocycles. The van der Waals surface area contributed by atoms with E-state index < -0.39 is 0 Å². The summed E-state index contributed by atoms with van der Waals surface area (Å²) in [6.07, 6.45) is 2.31. The molecule has 0 bridgehead atoms. The van der Waals surface area contributed by atoms with Crippen molar-refractivity contribution in [2.45, 2.75) is 18.9 Å². The highest BCUT2D eigenvalue weighted by Gasteiger charge is 2.29. The molecule has 0 aromatic rings. The van der Waals surface area contributed by atoms with Gasteiger partial charge in [0.25, 0.3) is 0 Å². The maximum atomic E-state index is 6.92. The Morgan fingerprint density at radius 1 is 1.62 bits per heavy atom. The van der Waals surface area contributed by atoms with Crippen LogP contribution < -0.4 is 11.5 Å². The van der Waals surface area contributed by atoms with Crippen LogP contribution in [0.5, 0.6) is 0 Å². The van der Waals surface area contributed by atoms with E-state index in [4.69, 9.17) is 16.9 Å². The van der Waals surface area contributed by atoms with Crippen molar-refractivity contribution in [1.29, 1.82) is 5.41 Å². The van der Waals surface area contributed by atoms with Crippen LogP contribution in [0.4, 0.5) is 0 Å². The van der Waals surface area contributed by atoms with Gasteiger partial charge in [-0.3, -0.25) is 5.41 Å². The lowest BCUT2D eigenvalue weighted by molar-refractivity contribution is 0.735. The molecule has 1 aliphatic rings. The monoisotopic (exact) mass is 113 g/mol. The van der Waals surface area contributed by atoms with Crippen molar-refractivity contribution in [2.24, 2.45) is 17.4 Å². The third-order valence-corrected chi connectivity index (χ3v) is 1.49. The molecule has 1 saturated carbocycles. The van der Waals surface area contributed by atoms with Crippen molar-refractivity contribution in [3.63, 3.8) is 0 Å². The van der Waals surface area contributed by atoms with E-state index in [9.17, 15) is 0 Å². The minimum Gasteiger partial charge on any atom is -0.386 e. The zero-order chi connectivity index (χ0) is 6.15. The number of nitrogens with two attached hydrogens (primary N) is 2. The average molecular weight is 113 g/mol. The first kappa shape index (κ1) is 5.56. The van der Waals surface area contributed by atoms with Crippen molar-refractivity contribution in [3.05, 3.63) is 0 Å². The maximum Gasteiger partial charge on any atom is 0.108 e. The second-order valence-corrected chi connectivity index (χ2v) is 2.32. The molecule has 5 N–H and O–H groups in total. The van der Waals surface area contributed by atoms with Gasteiger partial charge in [0.15, 0.2) is 0 Å². The average Bonchev–Trinajstić information content (AvgIpc) is 2.43. The van der Waals surface area contributed by atoms with Crippen LogP contribution in [0, 0.1) is 11.3 Å². The molecule has 8 heavy (non-hydrogen) atoms. The summed E-state index contributed by atoms with van der Waals surface area (Å²) in [4.78, 5) is 0. The van der Waals surface area contributed by atoms with E-state index in [1.165, 1.54) is 0 Å². The van der Waals surface area contributed by atoms with Gasteiger partial charge in [0, 0.05) is 0 Å². The SMILES string of the molecule is N=C(N)C(N)C1CC1. The van der Waals surface area contributed by atoms with Crippen LogP contribution in [0.25, 0.3) is 0 Å². The second-order valence-electron chi connectivity index (χ2n) is 2.32. The lowest BCUT2D eigenvalue weighted by Crippen LogP contribution is -2.37. The van der Waals surface area contributed by atoms with Crippen LogP contribution in [0.2, 0.25) is 0 Å². The highest BCUT2D eigenvalue weighted by molar-refractivity contribution is 5.83. The molecule has 1 unspecified atom stereocenters. The quantitative estimate of drug-likeness (QED) is 0.338. The summed E-state index contributed by atoms with van der Waals surface area (Å²) in [5.41, 5.74) is 10.6. The third kappa shape index (κ3) is 0.980. The zero-order valence-corrected chi connectivity index (χ0v) is 4.72. The Hall–Kier alpha value is -0.570. The van der Waals surface area contributed by atoms with Gasteiger partial charge in [0.2, 0.25) is 0 Å². The summed E-state index contributed by atoms with van der Waals surface area (Å²) in [5, 5.41) is 6.92. The Morgan fingerprint density at radius 2 is 2.12 bits per heavy atom. The Balaban J connectivity index is 2.32. The first-order chi connectivity index (χ1) is 3.72. The topological polar surface area (TPSA) is 75.9 Å². The molecule has 3 heteroatoms. The van der Waals surface area contributed by atoms with Crippen molar-refractivity contribution in [3.8, 4) is 0 Å². The summed E-state index contributed by atoms with van der Waals surface area (Å²) in [6.45, 7) is 0.